The highest BCUT2D eigenvalue weighted by atomic mass is 19.1. The largest absolute Gasteiger partial charge is 0.383 e. The molecule has 0 radical (unpaired) electrons. The van der Waals surface area contributed by atoms with Crippen molar-refractivity contribution in [3.63, 3.8) is 0 Å². The highest BCUT2D eigenvalue weighted by Crippen LogP contribution is 2.14. The van der Waals surface area contributed by atoms with Crippen LogP contribution >= 0.6 is 0 Å². The molecule has 1 aliphatic heterocycles. The third-order valence-electron chi connectivity index (χ3n) is 4.11. The average molecular weight is 352 g/mol. The lowest BCUT2D eigenvalue weighted by Crippen LogP contribution is -2.41. The minimum Gasteiger partial charge on any atom is -0.383 e. The Labute approximate surface area is 147 Å². The van der Waals surface area contributed by atoms with Crippen LogP contribution < -0.4 is 5.32 Å². The topological polar surface area (TPSA) is 67.9 Å². The van der Waals surface area contributed by atoms with Crippen LogP contribution in [0, 0.1) is 5.82 Å². The van der Waals surface area contributed by atoms with Gasteiger partial charge >= 0.3 is 0 Å². The van der Waals surface area contributed by atoms with Gasteiger partial charge in [-0.15, -0.1) is 0 Å². The summed E-state index contributed by atoms with van der Waals surface area (Å²) in [5.41, 5.74) is -0.0226. The predicted molar refractivity (Wildman–Crippen MR) is 90.8 cm³/mol. The van der Waals surface area contributed by atoms with Crippen LogP contribution in [0.15, 0.2) is 24.3 Å². The van der Waals surface area contributed by atoms with Crippen molar-refractivity contribution < 1.29 is 23.5 Å². The van der Waals surface area contributed by atoms with Gasteiger partial charge in [-0.25, -0.2) is 4.39 Å². The van der Waals surface area contributed by atoms with E-state index in [4.69, 9.17) is 9.47 Å². The number of nitrogens with zero attached hydrogens (tertiary/aromatic N) is 1. The molecule has 7 heteroatoms. The van der Waals surface area contributed by atoms with E-state index >= 15 is 0 Å². The van der Waals surface area contributed by atoms with Gasteiger partial charge in [0.15, 0.2) is 0 Å². The third kappa shape index (κ3) is 6.10. The first kappa shape index (κ1) is 19.3. The Hall–Kier alpha value is -1.99. The molecule has 0 saturated carbocycles. The number of methoxy groups -OCH3 is 1. The van der Waals surface area contributed by atoms with Gasteiger partial charge in [0, 0.05) is 39.8 Å². The maximum absolute atomic E-state index is 13.6. The molecule has 1 atom stereocenters. The normalized spacial score (nSPS) is 16.6. The lowest BCUT2D eigenvalue weighted by molar-refractivity contribution is -0.133. The predicted octanol–water partition coefficient (Wildman–Crippen LogP) is 1.60. The fourth-order valence-electron chi connectivity index (χ4n) is 2.74. The number of carbonyl (C=O) groups is 2. The molecule has 1 heterocycles. The molecule has 1 aromatic carbocycles. The monoisotopic (exact) mass is 352 g/mol. The SMILES string of the molecule is COCCN(C[C@H]1CCCO1)C(=O)CCNC(=O)c1ccccc1F. The molecule has 0 aromatic heterocycles. The number of carbonyl (C=O) groups excluding carboxylic acids is 2. The Morgan fingerprint density at radius 2 is 2.20 bits per heavy atom. The lowest BCUT2D eigenvalue weighted by atomic mass is 10.2. The molecule has 25 heavy (non-hydrogen) atoms. The molecule has 1 N–H and O–H groups in total. The van der Waals surface area contributed by atoms with Crippen molar-refractivity contribution in [2.24, 2.45) is 0 Å². The van der Waals surface area contributed by atoms with Crippen molar-refractivity contribution in [3.8, 4) is 0 Å². The van der Waals surface area contributed by atoms with E-state index in [9.17, 15) is 14.0 Å². The molecule has 0 spiro atoms. The highest BCUT2D eigenvalue weighted by Gasteiger charge is 2.22. The van der Waals surface area contributed by atoms with E-state index in [1.165, 1.54) is 18.2 Å². The third-order valence-corrected chi connectivity index (χ3v) is 4.11. The van der Waals surface area contributed by atoms with Gasteiger partial charge in [-0.1, -0.05) is 12.1 Å². The molecule has 1 saturated heterocycles. The van der Waals surface area contributed by atoms with Gasteiger partial charge in [0.25, 0.3) is 5.91 Å². The average Bonchev–Trinajstić information content (AvgIpc) is 3.11. The standard InChI is InChI=1S/C18H25FN2O4/c1-24-12-10-21(13-14-5-4-11-25-14)17(22)8-9-20-18(23)15-6-2-3-7-16(15)19/h2-3,6-7,14H,4-5,8-13H2,1H3,(H,20,23)/t14-/m1/s1. The fraction of sp³-hybridized carbons (Fsp3) is 0.556. The second-order valence-electron chi connectivity index (χ2n) is 5.95. The zero-order valence-electron chi connectivity index (χ0n) is 14.5. The van der Waals surface area contributed by atoms with Crippen LogP contribution in [0.3, 0.4) is 0 Å². The Kier molecular flexibility index (Phi) is 7.81. The van der Waals surface area contributed by atoms with Gasteiger partial charge in [0.05, 0.1) is 18.3 Å². The van der Waals surface area contributed by atoms with E-state index in [0.29, 0.717) is 19.7 Å². The summed E-state index contributed by atoms with van der Waals surface area (Å²) in [6, 6.07) is 5.76. The molecular formula is C18H25FN2O4. The fourth-order valence-corrected chi connectivity index (χ4v) is 2.74. The minimum absolute atomic E-state index is 0.0226. The summed E-state index contributed by atoms with van der Waals surface area (Å²) in [5, 5.41) is 2.59. The molecule has 1 fully saturated rings. The lowest BCUT2D eigenvalue weighted by Gasteiger charge is -2.25. The summed E-state index contributed by atoms with van der Waals surface area (Å²) < 4.78 is 24.2. The first-order chi connectivity index (χ1) is 12.1. The number of halogens is 1. The van der Waals surface area contributed by atoms with E-state index in [-0.39, 0.29) is 30.5 Å². The van der Waals surface area contributed by atoms with Crippen LogP contribution in [-0.2, 0) is 14.3 Å². The van der Waals surface area contributed by atoms with Gasteiger partial charge < -0.3 is 19.7 Å². The van der Waals surface area contributed by atoms with Crippen LogP contribution in [0.25, 0.3) is 0 Å². The number of rotatable bonds is 9. The molecule has 2 amide bonds. The Balaban J connectivity index is 1.80. The number of benzene rings is 1. The number of hydrogen-bond donors (Lipinski definition) is 1. The van der Waals surface area contributed by atoms with Crippen LogP contribution in [0.1, 0.15) is 29.6 Å². The molecule has 0 unspecified atom stereocenters. The molecule has 2 rings (SSSR count). The van der Waals surface area contributed by atoms with Gasteiger partial charge in [0.1, 0.15) is 5.82 Å². The minimum atomic E-state index is -0.577. The molecule has 0 bridgehead atoms. The summed E-state index contributed by atoms with van der Waals surface area (Å²) in [4.78, 5) is 26.1. The van der Waals surface area contributed by atoms with E-state index in [1.807, 2.05) is 0 Å². The Bertz CT molecular complexity index is 576. The van der Waals surface area contributed by atoms with Crippen molar-refractivity contribution in [3.05, 3.63) is 35.6 Å². The van der Waals surface area contributed by atoms with Crippen LogP contribution in [-0.4, -0.2) is 62.8 Å². The van der Waals surface area contributed by atoms with Crippen molar-refractivity contribution in [1.29, 1.82) is 0 Å². The van der Waals surface area contributed by atoms with Crippen molar-refractivity contribution in [2.45, 2.75) is 25.4 Å². The van der Waals surface area contributed by atoms with Crippen molar-refractivity contribution >= 4 is 11.8 Å². The van der Waals surface area contributed by atoms with Gasteiger partial charge in [-0.05, 0) is 25.0 Å². The molecular weight excluding hydrogens is 327 g/mol. The maximum Gasteiger partial charge on any atom is 0.254 e. The Morgan fingerprint density at radius 3 is 2.88 bits per heavy atom. The molecule has 1 aromatic rings. The zero-order valence-corrected chi connectivity index (χ0v) is 14.5. The first-order valence-corrected chi connectivity index (χ1v) is 8.53. The van der Waals surface area contributed by atoms with E-state index in [0.717, 1.165) is 19.4 Å². The molecule has 0 aliphatic carbocycles. The highest BCUT2D eigenvalue weighted by molar-refractivity contribution is 5.94. The number of amides is 2. The summed E-state index contributed by atoms with van der Waals surface area (Å²) in [6.07, 6.45) is 2.17. The quantitative estimate of drug-likeness (QED) is 0.733. The van der Waals surface area contributed by atoms with Crippen LogP contribution in [0.2, 0.25) is 0 Å². The zero-order chi connectivity index (χ0) is 18.1. The second-order valence-corrected chi connectivity index (χ2v) is 5.95. The van der Waals surface area contributed by atoms with Gasteiger partial charge in [0.2, 0.25) is 5.91 Å². The number of nitrogens with one attached hydrogen (secondary N) is 1. The summed E-state index contributed by atoms with van der Waals surface area (Å²) in [6.45, 7) is 2.34. The number of hydrogen-bond acceptors (Lipinski definition) is 4. The summed E-state index contributed by atoms with van der Waals surface area (Å²) in [5.74, 6) is -1.18. The second kappa shape index (κ2) is 10.1. The summed E-state index contributed by atoms with van der Waals surface area (Å²) in [7, 11) is 1.59. The Morgan fingerprint density at radius 1 is 1.40 bits per heavy atom. The van der Waals surface area contributed by atoms with Gasteiger partial charge in [-0.2, -0.15) is 0 Å². The summed E-state index contributed by atoms with van der Waals surface area (Å²) >= 11 is 0. The van der Waals surface area contributed by atoms with E-state index in [1.54, 1.807) is 18.1 Å². The molecule has 1 aliphatic rings. The van der Waals surface area contributed by atoms with E-state index < -0.39 is 11.7 Å². The van der Waals surface area contributed by atoms with Crippen LogP contribution in [0.4, 0.5) is 4.39 Å². The smallest absolute Gasteiger partial charge is 0.254 e. The van der Waals surface area contributed by atoms with E-state index in [2.05, 4.69) is 5.32 Å². The number of ether oxygens (including phenoxy) is 2. The molecule has 138 valence electrons. The maximum atomic E-state index is 13.6. The van der Waals surface area contributed by atoms with Crippen molar-refractivity contribution in [2.75, 3.05) is 40.0 Å². The van der Waals surface area contributed by atoms with Crippen molar-refractivity contribution in [1.82, 2.24) is 10.2 Å². The first-order valence-electron chi connectivity index (χ1n) is 8.53. The van der Waals surface area contributed by atoms with Crippen LogP contribution in [0.5, 0.6) is 0 Å². The molecule has 6 nitrogen and oxygen atoms in total. The van der Waals surface area contributed by atoms with Gasteiger partial charge in [-0.3, -0.25) is 9.59 Å².